The minimum Gasteiger partial charge on any atom is -0.465 e. The van der Waals surface area contributed by atoms with Crippen molar-refractivity contribution in [2.24, 2.45) is 5.92 Å². The molecule has 6 heteroatoms. The van der Waals surface area contributed by atoms with Gasteiger partial charge in [0.2, 0.25) is 5.91 Å². The topological polar surface area (TPSA) is 55.4 Å². The SMILES string of the molecule is COC(=O)c1c(-c2ccc(Br)cc2)csc1NC(=O)C1CCCCC1. The van der Waals surface area contributed by atoms with Gasteiger partial charge in [0.25, 0.3) is 0 Å². The molecule has 0 atom stereocenters. The number of methoxy groups -OCH3 is 1. The maximum atomic E-state index is 12.6. The normalized spacial score (nSPS) is 15.0. The van der Waals surface area contributed by atoms with Crippen molar-refractivity contribution in [2.45, 2.75) is 32.1 Å². The highest BCUT2D eigenvalue weighted by Gasteiger charge is 2.26. The number of amides is 1. The number of thiophene rings is 1. The minimum atomic E-state index is -0.432. The highest BCUT2D eigenvalue weighted by atomic mass is 79.9. The molecule has 0 radical (unpaired) electrons. The molecule has 0 unspecified atom stereocenters. The van der Waals surface area contributed by atoms with Crippen molar-refractivity contribution in [3.63, 3.8) is 0 Å². The van der Waals surface area contributed by atoms with E-state index in [1.165, 1.54) is 24.9 Å². The predicted molar refractivity (Wildman–Crippen MR) is 104 cm³/mol. The zero-order chi connectivity index (χ0) is 17.8. The molecule has 1 aliphatic rings. The first-order valence-corrected chi connectivity index (χ1v) is 10.0. The van der Waals surface area contributed by atoms with E-state index in [2.05, 4.69) is 21.2 Å². The molecule has 2 aromatic rings. The fraction of sp³-hybridized carbons (Fsp3) is 0.368. The number of halogens is 1. The summed E-state index contributed by atoms with van der Waals surface area (Å²) in [5, 5.41) is 5.43. The number of rotatable bonds is 4. The molecule has 0 spiro atoms. The van der Waals surface area contributed by atoms with E-state index in [4.69, 9.17) is 4.74 Å². The van der Waals surface area contributed by atoms with E-state index < -0.39 is 5.97 Å². The van der Waals surface area contributed by atoms with Gasteiger partial charge in [-0.25, -0.2) is 4.79 Å². The molecule has 1 N–H and O–H groups in total. The molecule has 1 aliphatic carbocycles. The summed E-state index contributed by atoms with van der Waals surface area (Å²) in [5.41, 5.74) is 2.13. The van der Waals surface area contributed by atoms with Crippen LogP contribution in [0.15, 0.2) is 34.1 Å². The Labute approximate surface area is 159 Å². The van der Waals surface area contributed by atoms with E-state index in [0.717, 1.165) is 41.3 Å². The summed E-state index contributed by atoms with van der Waals surface area (Å²) >= 11 is 4.78. The first-order chi connectivity index (χ1) is 12.1. The summed E-state index contributed by atoms with van der Waals surface area (Å²) in [6, 6.07) is 7.72. The van der Waals surface area contributed by atoms with Crippen LogP contribution in [-0.4, -0.2) is 19.0 Å². The molecule has 1 heterocycles. The standard InChI is InChI=1S/C19H20BrNO3S/c1-24-19(23)16-15(12-7-9-14(20)10-8-12)11-25-18(16)21-17(22)13-5-3-2-4-6-13/h7-11,13H,2-6H2,1H3,(H,21,22). The molecule has 1 aromatic heterocycles. The Morgan fingerprint density at radius 3 is 2.48 bits per heavy atom. The second-order valence-electron chi connectivity index (χ2n) is 6.18. The maximum absolute atomic E-state index is 12.6. The number of nitrogens with one attached hydrogen (secondary N) is 1. The van der Waals surface area contributed by atoms with Gasteiger partial charge in [0.1, 0.15) is 10.6 Å². The molecule has 0 saturated heterocycles. The Balaban J connectivity index is 1.90. The predicted octanol–water partition coefficient (Wildman–Crippen LogP) is 5.48. The summed E-state index contributed by atoms with van der Waals surface area (Å²) in [7, 11) is 1.36. The van der Waals surface area contributed by atoms with Crippen LogP contribution in [0.3, 0.4) is 0 Å². The van der Waals surface area contributed by atoms with E-state index in [1.807, 2.05) is 29.6 Å². The summed E-state index contributed by atoms with van der Waals surface area (Å²) in [6.45, 7) is 0. The average molecular weight is 422 g/mol. The maximum Gasteiger partial charge on any atom is 0.341 e. The van der Waals surface area contributed by atoms with E-state index in [9.17, 15) is 9.59 Å². The number of benzene rings is 1. The van der Waals surface area contributed by atoms with Gasteiger partial charge in [0.05, 0.1) is 7.11 Å². The molecule has 3 rings (SSSR count). The number of hydrogen-bond acceptors (Lipinski definition) is 4. The number of carbonyl (C=O) groups is 2. The van der Waals surface area contributed by atoms with Crippen molar-refractivity contribution in [1.29, 1.82) is 0 Å². The third-order valence-corrected chi connectivity index (χ3v) is 5.97. The molecular weight excluding hydrogens is 402 g/mol. The third kappa shape index (κ3) is 4.12. The van der Waals surface area contributed by atoms with E-state index in [1.54, 1.807) is 0 Å². The van der Waals surface area contributed by atoms with Crippen LogP contribution in [0.4, 0.5) is 5.00 Å². The van der Waals surface area contributed by atoms with Crippen molar-refractivity contribution in [3.05, 3.63) is 39.7 Å². The van der Waals surface area contributed by atoms with Crippen LogP contribution in [0.2, 0.25) is 0 Å². The molecule has 0 aliphatic heterocycles. The lowest BCUT2D eigenvalue weighted by Gasteiger charge is -2.20. The van der Waals surface area contributed by atoms with E-state index in [0.29, 0.717) is 10.6 Å². The van der Waals surface area contributed by atoms with Crippen LogP contribution < -0.4 is 5.32 Å². The van der Waals surface area contributed by atoms with E-state index >= 15 is 0 Å². The van der Waals surface area contributed by atoms with Gasteiger partial charge in [-0.2, -0.15) is 0 Å². The van der Waals surface area contributed by atoms with Crippen LogP contribution >= 0.6 is 27.3 Å². The molecule has 1 amide bonds. The zero-order valence-corrected chi connectivity index (χ0v) is 16.4. The second kappa shape index (κ2) is 8.15. The third-order valence-electron chi connectivity index (χ3n) is 4.55. The molecule has 132 valence electrons. The van der Waals surface area contributed by atoms with Gasteiger partial charge < -0.3 is 10.1 Å². The smallest absolute Gasteiger partial charge is 0.341 e. The fourth-order valence-electron chi connectivity index (χ4n) is 3.18. The largest absolute Gasteiger partial charge is 0.465 e. The number of ether oxygens (including phenoxy) is 1. The highest BCUT2D eigenvalue weighted by Crippen LogP contribution is 2.37. The van der Waals surface area contributed by atoms with Gasteiger partial charge in [-0.15, -0.1) is 11.3 Å². The Morgan fingerprint density at radius 1 is 1.16 bits per heavy atom. The Kier molecular flexibility index (Phi) is 5.91. The summed E-state index contributed by atoms with van der Waals surface area (Å²) in [4.78, 5) is 24.9. The van der Waals surface area contributed by atoms with Crippen LogP contribution in [-0.2, 0) is 9.53 Å². The molecule has 0 bridgehead atoms. The Hall–Kier alpha value is -1.66. The van der Waals surface area contributed by atoms with Crippen molar-refractivity contribution >= 4 is 44.1 Å². The van der Waals surface area contributed by atoms with Crippen molar-refractivity contribution in [3.8, 4) is 11.1 Å². The monoisotopic (exact) mass is 421 g/mol. The molecule has 1 aromatic carbocycles. The first-order valence-electron chi connectivity index (χ1n) is 8.36. The van der Waals surface area contributed by atoms with Crippen molar-refractivity contribution < 1.29 is 14.3 Å². The first kappa shape index (κ1) is 18.1. The molecule has 4 nitrogen and oxygen atoms in total. The van der Waals surface area contributed by atoms with E-state index in [-0.39, 0.29) is 11.8 Å². The van der Waals surface area contributed by atoms with Crippen LogP contribution in [0, 0.1) is 5.92 Å². The van der Waals surface area contributed by atoms with Crippen LogP contribution in [0.5, 0.6) is 0 Å². The quantitative estimate of drug-likeness (QED) is 0.664. The van der Waals surface area contributed by atoms with Crippen LogP contribution in [0.1, 0.15) is 42.5 Å². The fourth-order valence-corrected chi connectivity index (χ4v) is 4.40. The van der Waals surface area contributed by atoms with Crippen molar-refractivity contribution in [1.82, 2.24) is 0 Å². The zero-order valence-electron chi connectivity index (χ0n) is 14.0. The summed E-state index contributed by atoms with van der Waals surface area (Å²) in [5.74, 6) is -0.385. The lowest BCUT2D eigenvalue weighted by Crippen LogP contribution is -2.25. The Morgan fingerprint density at radius 2 is 1.84 bits per heavy atom. The van der Waals surface area contributed by atoms with Gasteiger partial charge in [0.15, 0.2) is 0 Å². The molecular formula is C19H20BrNO3S. The highest BCUT2D eigenvalue weighted by molar-refractivity contribution is 9.10. The number of anilines is 1. The Bertz CT molecular complexity index is 763. The number of hydrogen-bond donors (Lipinski definition) is 1. The average Bonchev–Trinajstić information content (AvgIpc) is 3.06. The van der Waals surface area contributed by atoms with Gasteiger partial charge in [-0.3, -0.25) is 4.79 Å². The summed E-state index contributed by atoms with van der Waals surface area (Å²) < 4.78 is 5.92. The number of carbonyl (C=O) groups excluding carboxylic acids is 2. The minimum absolute atomic E-state index is 0.00839. The lowest BCUT2D eigenvalue weighted by molar-refractivity contribution is -0.120. The van der Waals surface area contributed by atoms with Gasteiger partial charge in [-0.1, -0.05) is 47.3 Å². The molecule has 25 heavy (non-hydrogen) atoms. The van der Waals surface area contributed by atoms with Crippen LogP contribution in [0.25, 0.3) is 11.1 Å². The second-order valence-corrected chi connectivity index (χ2v) is 7.97. The molecule has 1 saturated carbocycles. The van der Waals surface area contributed by atoms with Crippen molar-refractivity contribution in [2.75, 3.05) is 12.4 Å². The molecule has 1 fully saturated rings. The number of esters is 1. The lowest BCUT2D eigenvalue weighted by atomic mass is 9.88. The summed E-state index contributed by atoms with van der Waals surface area (Å²) in [6.07, 6.45) is 5.23. The van der Waals surface area contributed by atoms with Gasteiger partial charge in [0, 0.05) is 21.3 Å². The van der Waals surface area contributed by atoms with Gasteiger partial charge in [-0.05, 0) is 30.5 Å². The van der Waals surface area contributed by atoms with Gasteiger partial charge >= 0.3 is 5.97 Å².